The molecule has 0 aromatic heterocycles. The number of esters is 1. The molecule has 0 radical (unpaired) electrons. The summed E-state index contributed by atoms with van der Waals surface area (Å²) in [6.45, 7) is 10.9. The van der Waals surface area contributed by atoms with E-state index in [9.17, 15) is 24.0 Å². The van der Waals surface area contributed by atoms with Gasteiger partial charge in [-0.1, -0.05) is 30.3 Å². The third-order valence-electron chi connectivity index (χ3n) is 6.04. The second-order valence-electron chi connectivity index (χ2n) is 12.2. The zero-order valence-electron chi connectivity index (χ0n) is 25.6. The molecule has 4 amide bonds. The second-order valence-corrected chi connectivity index (χ2v) is 12.2. The van der Waals surface area contributed by atoms with Crippen LogP contribution < -0.4 is 16.0 Å². The van der Waals surface area contributed by atoms with Crippen molar-refractivity contribution in [2.75, 3.05) is 19.6 Å². The largest absolute Gasteiger partial charge is 0.458 e. The highest BCUT2D eigenvalue weighted by Gasteiger charge is 2.39. The number of hydrogen-bond acceptors (Lipinski definition) is 8. The molecular weight excluding hydrogens is 544 g/mol. The first kappa shape index (κ1) is 34.4. The Morgan fingerprint density at radius 1 is 0.905 bits per heavy atom. The fraction of sp³-hybridized carbons (Fsp3) is 0.633. The van der Waals surface area contributed by atoms with E-state index in [0.717, 1.165) is 5.56 Å². The topological polar surface area (TPSA) is 152 Å². The Morgan fingerprint density at radius 3 is 2.21 bits per heavy atom. The molecular formula is C30H46N4O8. The molecule has 1 aliphatic rings. The van der Waals surface area contributed by atoms with E-state index in [2.05, 4.69) is 16.0 Å². The maximum absolute atomic E-state index is 13.6. The van der Waals surface area contributed by atoms with Gasteiger partial charge < -0.3 is 35.1 Å². The quantitative estimate of drug-likeness (QED) is 0.190. The minimum Gasteiger partial charge on any atom is -0.458 e. The summed E-state index contributed by atoms with van der Waals surface area (Å²) in [6, 6.07) is 7.43. The highest BCUT2D eigenvalue weighted by Crippen LogP contribution is 2.23. The van der Waals surface area contributed by atoms with Gasteiger partial charge in [0.05, 0.1) is 0 Å². The highest BCUT2D eigenvalue weighted by atomic mass is 16.6. The van der Waals surface area contributed by atoms with Gasteiger partial charge in [0.15, 0.2) is 0 Å². The number of carbonyl (C=O) groups excluding carboxylic acids is 5. The number of ether oxygens (including phenoxy) is 3. The minimum atomic E-state index is -0.941. The summed E-state index contributed by atoms with van der Waals surface area (Å²) in [7, 11) is 0. The average Bonchev–Trinajstić information content (AvgIpc) is 3.38. The molecule has 1 saturated heterocycles. The van der Waals surface area contributed by atoms with Gasteiger partial charge in [-0.3, -0.25) is 9.59 Å². The molecule has 2 rings (SSSR count). The first-order valence-corrected chi connectivity index (χ1v) is 14.4. The molecule has 12 heteroatoms. The van der Waals surface area contributed by atoms with E-state index in [0.29, 0.717) is 38.8 Å². The van der Waals surface area contributed by atoms with Gasteiger partial charge in [0.2, 0.25) is 11.8 Å². The van der Waals surface area contributed by atoms with Crippen molar-refractivity contribution in [3.05, 3.63) is 35.9 Å². The third-order valence-corrected chi connectivity index (χ3v) is 6.04. The van der Waals surface area contributed by atoms with Crippen LogP contribution >= 0.6 is 0 Å². The predicted octanol–water partition coefficient (Wildman–Crippen LogP) is 3.43. The van der Waals surface area contributed by atoms with E-state index in [4.69, 9.17) is 14.2 Å². The van der Waals surface area contributed by atoms with Crippen LogP contribution in [0.4, 0.5) is 9.59 Å². The highest BCUT2D eigenvalue weighted by molar-refractivity contribution is 5.92. The average molecular weight is 591 g/mol. The first-order valence-electron chi connectivity index (χ1n) is 14.4. The summed E-state index contributed by atoms with van der Waals surface area (Å²) in [5, 5.41) is 7.76. The number of carbonyl (C=O) groups is 5. The minimum absolute atomic E-state index is 0.0494. The normalized spacial score (nSPS) is 15.8. The van der Waals surface area contributed by atoms with Crippen LogP contribution in [0.2, 0.25) is 0 Å². The van der Waals surface area contributed by atoms with Crippen LogP contribution in [0.15, 0.2) is 30.3 Å². The van der Waals surface area contributed by atoms with E-state index >= 15 is 0 Å². The van der Waals surface area contributed by atoms with E-state index in [1.165, 1.54) is 4.90 Å². The Morgan fingerprint density at radius 2 is 1.57 bits per heavy atom. The maximum atomic E-state index is 13.6. The van der Waals surface area contributed by atoms with Crippen molar-refractivity contribution in [1.82, 2.24) is 20.9 Å². The standard InChI is InChI=1S/C30H46N4O8/c1-29(2,3)41-26(37)23-16-12-18-34(23)25(36)22(15-10-11-17-31-28(39)42-30(4,5)6)33-24(35)19-32-27(38)40-20-21-13-8-7-9-14-21/h7-9,13-14,22-23H,10-12,15-20H2,1-6H3,(H,31,39)(H,32,38)(H,33,35)/t22-,23-/m0/s1. The van der Waals surface area contributed by atoms with Crippen molar-refractivity contribution in [3.8, 4) is 0 Å². The lowest BCUT2D eigenvalue weighted by Crippen LogP contribution is -2.53. The van der Waals surface area contributed by atoms with Gasteiger partial charge in [0, 0.05) is 13.1 Å². The van der Waals surface area contributed by atoms with Crippen molar-refractivity contribution in [3.63, 3.8) is 0 Å². The number of unbranched alkanes of at least 4 members (excludes halogenated alkanes) is 1. The number of amides is 4. The van der Waals surface area contributed by atoms with E-state index in [1.54, 1.807) is 41.5 Å². The second kappa shape index (κ2) is 16.0. The van der Waals surface area contributed by atoms with Gasteiger partial charge in [-0.05, 0) is 79.2 Å². The van der Waals surface area contributed by atoms with Crippen molar-refractivity contribution < 1.29 is 38.2 Å². The van der Waals surface area contributed by atoms with Gasteiger partial charge in [0.1, 0.15) is 36.4 Å². The molecule has 0 spiro atoms. The molecule has 234 valence electrons. The van der Waals surface area contributed by atoms with Gasteiger partial charge in [-0.25, -0.2) is 14.4 Å². The lowest BCUT2D eigenvalue weighted by molar-refractivity contribution is -0.163. The summed E-state index contributed by atoms with van der Waals surface area (Å²) in [4.78, 5) is 64.6. The van der Waals surface area contributed by atoms with Gasteiger partial charge >= 0.3 is 18.2 Å². The van der Waals surface area contributed by atoms with E-state index < -0.39 is 59.8 Å². The predicted molar refractivity (Wildman–Crippen MR) is 155 cm³/mol. The van der Waals surface area contributed by atoms with Crippen molar-refractivity contribution >= 4 is 30.0 Å². The molecule has 0 aliphatic carbocycles. The fourth-order valence-corrected chi connectivity index (χ4v) is 4.25. The number of hydrogen-bond donors (Lipinski definition) is 3. The Balaban J connectivity index is 1.96. The molecule has 1 heterocycles. The van der Waals surface area contributed by atoms with Crippen LogP contribution in [0.25, 0.3) is 0 Å². The summed E-state index contributed by atoms with van der Waals surface area (Å²) in [5.41, 5.74) is -0.521. The molecule has 1 aromatic carbocycles. The number of nitrogens with one attached hydrogen (secondary N) is 3. The van der Waals surface area contributed by atoms with Crippen LogP contribution in [0.5, 0.6) is 0 Å². The van der Waals surface area contributed by atoms with Crippen LogP contribution in [0.3, 0.4) is 0 Å². The number of nitrogens with zero attached hydrogens (tertiary/aromatic N) is 1. The van der Waals surface area contributed by atoms with Crippen molar-refractivity contribution in [2.45, 2.75) is 104 Å². The number of likely N-dealkylation sites (tertiary alicyclic amines) is 1. The molecule has 3 N–H and O–H groups in total. The molecule has 0 saturated carbocycles. The van der Waals surface area contributed by atoms with Crippen LogP contribution in [0.1, 0.15) is 79.2 Å². The van der Waals surface area contributed by atoms with Crippen LogP contribution in [0, 0.1) is 0 Å². The summed E-state index contributed by atoms with van der Waals surface area (Å²) >= 11 is 0. The first-order chi connectivity index (χ1) is 19.6. The molecule has 42 heavy (non-hydrogen) atoms. The van der Waals surface area contributed by atoms with Gasteiger partial charge in [-0.2, -0.15) is 0 Å². The van der Waals surface area contributed by atoms with Gasteiger partial charge in [0.25, 0.3) is 0 Å². The van der Waals surface area contributed by atoms with Gasteiger partial charge in [-0.15, -0.1) is 0 Å². The van der Waals surface area contributed by atoms with Crippen molar-refractivity contribution in [1.29, 1.82) is 0 Å². The zero-order chi connectivity index (χ0) is 31.3. The van der Waals surface area contributed by atoms with E-state index in [-0.39, 0.29) is 13.0 Å². The molecule has 0 bridgehead atoms. The molecule has 0 unspecified atom stereocenters. The Bertz CT molecular complexity index is 1070. The molecule has 12 nitrogen and oxygen atoms in total. The Kier molecular flexibility index (Phi) is 13.1. The summed E-state index contributed by atoms with van der Waals surface area (Å²) in [5.74, 6) is -1.46. The smallest absolute Gasteiger partial charge is 0.407 e. The summed E-state index contributed by atoms with van der Waals surface area (Å²) < 4.78 is 15.9. The number of alkyl carbamates (subject to hydrolysis) is 2. The molecule has 1 aromatic rings. The molecule has 1 fully saturated rings. The monoisotopic (exact) mass is 590 g/mol. The summed E-state index contributed by atoms with van der Waals surface area (Å²) in [6.07, 6.45) is 1.07. The molecule has 2 atom stereocenters. The lowest BCUT2D eigenvalue weighted by atomic mass is 10.1. The number of benzene rings is 1. The SMILES string of the molecule is CC(C)(C)OC(=O)NCCCC[C@H](NC(=O)CNC(=O)OCc1ccccc1)C(=O)N1CCC[C@H]1C(=O)OC(C)(C)C. The van der Waals surface area contributed by atoms with Crippen LogP contribution in [-0.4, -0.2) is 77.8 Å². The van der Waals surface area contributed by atoms with Crippen LogP contribution in [-0.2, 0) is 35.2 Å². The Labute approximate surface area is 248 Å². The Hall–Kier alpha value is -3.83. The zero-order valence-corrected chi connectivity index (χ0v) is 25.6. The maximum Gasteiger partial charge on any atom is 0.407 e. The van der Waals surface area contributed by atoms with E-state index in [1.807, 2.05) is 30.3 Å². The fourth-order valence-electron chi connectivity index (χ4n) is 4.25. The number of rotatable bonds is 12. The van der Waals surface area contributed by atoms with Crippen molar-refractivity contribution in [2.24, 2.45) is 0 Å². The lowest BCUT2D eigenvalue weighted by Gasteiger charge is -2.30. The third kappa shape index (κ3) is 13.2. The molecule has 1 aliphatic heterocycles.